The number of rotatable bonds is 3. The zero-order valence-corrected chi connectivity index (χ0v) is 20.5. The van der Waals surface area contributed by atoms with Gasteiger partial charge in [-0.3, -0.25) is 4.79 Å². The number of allylic oxidation sites excluding steroid dienone is 3. The second-order valence-electron chi connectivity index (χ2n) is 9.53. The van der Waals surface area contributed by atoms with Crippen molar-refractivity contribution in [2.24, 2.45) is 17.8 Å². The molecule has 7 heteroatoms. The fraction of sp³-hybridized carbons (Fsp3) is 0.654. The van der Waals surface area contributed by atoms with Gasteiger partial charge in [0.25, 0.3) is 0 Å². The van der Waals surface area contributed by atoms with Crippen molar-refractivity contribution in [2.75, 3.05) is 7.11 Å². The van der Waals surface area contributed by atoms with Gasteiger partial charge >= 0.3 is 5.97 Å². The molecule has 0 aromatic carbocycles. The Labute approximate surface area is 201 Å². The summed E-state index contributed by atoms with van der Waals surface area (Å²) >= 11 is 5.94. The SMILES string of the molecule is CO[C@@H]1/C=C(\C)C[C@H](/C=C/C=C/C#C[C@H]2C[C@@H]2Cl)OC(=O)C[C@]2(O)C[C@H](O)[C@@H](C)[C@@H](O2)[C@@H]1C. The van der Waals surface area contributed by atoms with Crippen LogP contribution >= 0.6 is 11.6 Å². The summed E-state index contributed by atoms with van der Waals surface area (Å²) in [4.78, 5) is 12.7. The molecule has 1 saturated heterocycles. The molecule has 33 heavy (non-hydrogen) atoms. The minimum Gasteiger partial charge on any atom is -0.458 e. The summed E-state index contributed by atoms with van der Waals surface area (Å²) in [6.07, 6.45) is 8.04. The molecule has 1 aliphatic carbocycles. The summed E-state index contributed by atoms with van der Waals surface area (Å²) in [6.45, 7) is 5.82. The molecule has 0 spiro atoms. The van der Waals surface area contributed by atoms with Crippen LogP contribution in [0.25, 0.3) is 0 Å². The Morgan fingerprint density at radius 3 is 2.70 bits per heavy atom. The standard InChI is InChI=1S/C26H35ClO6/c1-16-11-20(10-8-6-5-7-9-19-13-21(19)27)32-24(29)15-26(30)14-22(28)17(2)25(33-26)18(3)23(12-16)31-4/h5-6,8,10,12,17-23,25,28,30H,11,13-15H2,1-4H3/b6-5+,10-8+,16-12+/t17-,18-,19+,20+,21+,22+,23-,25-,26+/m1/s1. The Kier molecular flexibility index (Phi) is 8.82. The summed E-state index contributed by atoms with van der Waals surface area (Å²) in [5.41, 5.74) is 1.00. The van der Waals surface area contributed by atoms with Gasteiger partial charge in [0.05, 0.1) is 24.7 Å². The van der Waals surface area contributed by atoms with E-state index in [1.165, 1.54) is 0 Å². The molecule has 2 N–H and O–H groups in total. The van der Waals surface area contributed by atoms with Gasteiger partial charge < -0.3 is 24.4 Å². The molecule has 0 amide bonds. The van der Waals surface area contributed by atoms with Crippen LogP contribution in [0.4, 0.5) is 0 Å². The first-order chi connectivity index (χ1) is 15.6. The lowest BCUT2D eigenvalue weighted by atomic mass is 9.80. The molecule has 0 aromatic rings. The van der Waals surface area contributed by atoms with Crippen LogP contribution in [0.5, 0.6) is 0 Å². The number of carbonyl (C=O) groups excluding carboxylic acids is 1. The number of fused-ring (bicyclic) bond motifs is 2. The second-order valence-corrected chi connectivity index (χ2v) is 10.1. The number of aliphatic hydroxyl groups is 2. The van der Waals surface area contributed by atoms with Crippen molar-refractivity contribution >= 4 is 17.6 Å². The van der Waals surface area contributed by atoms with E-state index in [0.29, 0.717) is 6.42 Å². The fourth-order valence-electron chi connectivity index (χ4n) is 4.47. The Morgan fingerprint density at radius 1 is 1.30 bits per heavy atom. The number of halogens is 1. The van der Waals surface area contributed by atoms with Crippen molar-refractivity contribution in [3.8, 4) is 11.8 Å². The van der Waals surface area contributed by atoms with E-state index in [1.54, 1.807) is 31.4 Å². The molecular formula is C26H35ClO6. The minimum atomic E-state index is -1.79. The minimum absolute atomic E-state index is 0.0505. The highest BCUT2D eigenvalue weighted by Crippen LogP contribution is 2.39. The van der Waals surface area contributed by atoms with E-state index >= 15 is 0 Å². The largest absolute Gasteiger partial charge is 0.458 e. The summed E-state index contributed by atoms with van der Waals surface area (Å²) in [7, 11) is 1.63. The maximum Gasteiger partial charge on any atom is 0.311 e. The van der Waals surface area contributed by atoms with Crippen LogP contribution in [0, 0.1) is 29.6 Å². The summed E-state index contributed by atoms with van der Waals surface area (Å²) in [6, 6.07) is 0. The van der Waals surface area contributed by atoms with E-state index in [0.717, 1.165) is 12.0 Å². The van der Waals surface area contributed by atoms with E-state index in [9.17, 15) is 15.0 Å². The zero-order valence-electron chi connectivity index (χ0n) is 19.7. The Hall–Kier alpha value is -1.62. The summed E-state index contributed by atoms with van der Waals surface area (Å²) < 4.78 is 17.4. The molecule has 0 aromatic heterocycles. The number of hydrogen-bond donors (Lipinski definition) is 2. The van der Waals surface area contributed by atoms with Crippen LogP contribution in [0.1, 0.15) is 46.5 Å². The van der Waals surface area contributed by atoms with E-state index in [-0.39, 0.29) is 42.1 Å². The lowest BCUT2D eigenvalue weighted by molar-refractivity contribution is -0.301. The number of cyclic esters (lactones) is 1. The van der Waals surface area contributed by atoms with Crippen LogP contribution in [-0.4, -0.2) is 58.9 Å². The van der Waals surface area contributed by atoms with Gasteiger partial charge in [0.2, 0.25) is 0 Å². The van der Waals surface area contributed by atoms with E-state index in [4.69, 9.17) is 25.8 Å². The van der Waals surface area contributed by atoms with Gasteiger partial charge in [-0.2, -0.15) is 0 Å². The first-order valence-electron chi connectivity index (χ1n) is 11.6. The number of carbonyl (C=O) groups is 1. The molecular weight excluding hydrogens is 444 g/mol. The lowest BCUT2D eigenvalue weighted by Gasteiger charge is -2.46. The molecule has 3 rings (SSSR count). The Morgan fingerprint density at radius 2 is 2.03 bits per heavy atom. The highest BCUT2D eigenvalue weighted by atomic mass is 35.5. The van der Waals surface area contributed by atoms with E-state index in [2.05, 4.69) is 11.8 Å². The summed E-state index contributed by atoms with van der Waals surface area (Å²) in [5, 5.41) is 21.8. The predicted octanol–water partition coefficient (Wildman–Crippen LogP) is 3.51. The predicted molar refractivity (Wildman–Crippen MR) is 126 cm³/mol. The zero-order chi connectivity index (χ0) is 24.2. The molecule has 6 nitrogen and oxygen atoms in total. The molecule has 2 bridgehead atoms. The Balaban J connectivity index is 1.79. The third kappa shape index (κ3) is 7.18. The van der Waals surface area contributed by atoms with Crippen molar-refractivity contribution in [1.82, 2.24) is 0 Å². The first-order valence-corrected chi connectivity index (χ1v) is 12.0. The average molecular weight is 479 g/mol. The van der Waals surface area contributed by atoms with Gasteiger partial charge in [0, 0.05) is 43.1 Å². The second kappa shape index (κ2) is 11.2. The normalized spacial score (nSPS) is 43.6. The van der Waals surface area contributed by atoms with E-state index < -0.39 is 30.1 Å². The average Bonchev–Trinajstić information content (AvgIpc) is 3.44. The molecule has 182 valence electrons. The van der Waals surface area contributed by atoms with Gasteiger partial charge in [0.15, 0.2) is 5.79 Å². The molecule has 2 heterocycles. The Bertz CT molecular complexity index is 855. The van der Waals surface area contributed by atoms with Gasteiger partial charge in [-0.15, -0.1) is 11.6 Å². The van der Waals surface area contributed by atoms with Crippen molar-refractivity contribution in [3.63, 3.8) is 0 Å². The smallest absolute Gasteiger partial charge is 0.311 e. The molecule has 9 atom stereocenters. The van der Waals surface area contributed by atoms with Crippen LogP contribution < -0.4 is 0 Å². The highest BCUT2D eigenvalue weighted by Gasteiger charge is 2.48. The van der Waals surface area contributed by atoms with Gasteiger partial charge in [-0.1, -0.05) is 49.5 Å². The van der Waals surface area contributed by atoms with Crippen molar-refractivity contribution in [1.29, 1.82) is 0 Å². The molecule has 0 unspecified atom stereocenters. The van der Waals surface area contributed by atoms with Crippen molar-refractivity contribution < 1.29 is 29.2 Å². The maximum atomic E-state index is 12.7. The maximum absolute atomic E-state index is 12.7. The topological polar surface area (TPSA) is 85.2 Å². The number of esters is 1. The third-order valence-electron chi connectivity index (χ3n) is 6.59. The fourth-order valence-corrected chi connectivity index (χ4v) is 4.73. The van der Waals surface area contributed by atoms with Gasteiger partial charge in [-0.05, 0) is 25.5 Å². The van der Waals surface area contributed by atoms with Crippen LogP contribution in [0.2, 0.25) is 0 Å². The quantitative estimate of drug-likeness (QED) is 0.212. The summed E-state index contributed by atoms with van der Waals surface area (Å²) in [5.74, 6) is 3.60. The lowest BCUT2D eigenvalue weighted by Crippen LogP contribution is -2.55. The number of ether oxygens (including phenoxy) is 3. The van der Waals surface area contributed by atoms with Gasteiger partial charge in [0.1, 0.15) is 6.10 Å². The van der Waals surface area contributed by atoms with Crippen LogP contribution in [0.15, 0.2) is 36.0 Å². The van der Waals surface area contributed by atoms with Crippen molar-refractivity contribution in [3.05, 3.63) is 36.0 Å². The molecule has 2 fully saturated rings. The monoisotopic (exact) mass is 478 g/mol. The molecule has 1 saturated carbocycles. The third-order valence-corrected chi connectivity index (χ3v) is 7.07. The van der Waals surface area contributed by atoms with Crippen LogP contribution in [-0.2, 0) is 19.0 Å². The molecule has 2 aliphatic heterocycles. The first kappa shape index (κ1) is 26.0. The molecule has 0 radical (unpaired) electrons. The molecule has 3 aliphatic rings. The number of alkyl halides is 1. The van der Waals surface area contributed by atoms with E-state index in [1.807, 2.05) is 26.8 Å². The van der Waals surface area contributed by atoms with Crippen molar-refractivity contribution in [2.45, 2.75) is 82.0 Å². The highest BCUT2D eigenvalue weighted by molar-refractivity contribution is 6.22. The number of aliphatic hydroxyl groups excluding tert-OH is 1. The van der Waals surface area contributed by atoms with Gasteiger partial charge in [-0.25, -0.2) is 0 Å². The number of hydrogen-bond acceptors (Lipinski definition) is 6. The van der Waals surface area contributed by atoms with Crippen LogP contribution in [0.3, 0.4) is 0 Å². The number of methoxy groups -OCH3 is 1.